The van der Waals surface area contributed by atoms with E-state index in [1.54, 1.807) is 6.07 Å². The molecule has 0 aliphatic heterocycles. The average molecular weight is 457 g/mol. The first-order chi connectivity index (χ1) is 15.8. The molecule has 0 N–H and O–H groups in total. The zero-order valence-corrected chi connectivity index (χ0v) is 21.7. The Balaban J connectivity index is 2.04. The van der Waals surface area contributed by atoms with E-state index < -0.39 is 12.1 Å². The second-order valence-corrected chi connectivity index (χ2v) is 11.2. The van der Waals surface area contributed by atoms with Gasteiger partial charge < -0.3 is 4.74 Å². The zero-order valence-electron chi connectivity index (χ0n) is 21.7. The van der Waals surface area contributed by atoms with Crippen molar-refractivity contribution >= 4 is 11.8 Å². The van der Waals surface area contributed by atoms with E-state index in [1.807, 2.05) is 68.4 Å². The summed E-state index contributed by atoms with van der Waals surface area (Å²) in [4.78, 5) is 27.0. The van der Waals surface area contributed by atoms with Gasteiger partial charge in [0, 0.05) is 11.1 Å². The minimum atomic E-state index is -1.02. The third-order valence-electron chi connectivity index (χ3n) is 6.26. The standard InChI is InChI=1S/C31H36O3/c1-20-14-15-23(16-21(20)2)27(32)28(22-12-10-9-11-13-22)34-29(33)24-17-25(30(3,4)5)19-26(18-24)31(6,7)8/h9-19,28H,1-8H3. The van der Waals surface area contributed by atoms with Gasteiger partial charge in [-0.1, -0.05) is 90.1 Å². The molecule has 0 bridgehead atoms. The monoisotopic (exact) mass is 456 g/mol. The maximum Gasteiger partial charge on any atom is 0.339 e. The molecule has 3 heteroatoms. The molecule has 3 aromatic carbocycles. The van der Waals surface area contributed by atoms with Crippen LogP contribution in [0.25, 0.3) is 0 Å². The zero-order chi connectivity index (χ0) is 25.3. The summed E-state index contributed by atoms with van der Waals surface area (Å²) in [6.45, 7) is 16.7. The highest BCUT2D eigenvalue weighted by atomic mass is 16.5. The van der Waals surface area contributed by atoms with Gasteiger partial charge in [0.1, 0.15) is 0 Å². The van der Waals surface area contributed by atoms with Crippen LogP contribution < -0.4 is 0 Å². The number of carbonyl (C=O) groups is 2. The largest absolute Gasteiger partial charge is 0.445 e. The number of hydrogen-bond donors (Lipinski definition) is 0. The maximum absolute atomic E-state index is 13.6. The highest BCUT2D eigenvalue weighted by molar-refractivity contribution is 6.02. The normalized spacial score (nSPS) is 12.8. The van der Waals surface area contributed by atoms with Gasteiger partial charge in [0.25, 0.3) is 0 Å². The summed E-state index contributed by atoms with van der Waals surface area (Å²) in [7, 11) is 0. The quantitative estimate of drug-likeness (QED) is 0.292. The predicted octanol–water partition coefficient (Wildman–Crippen LogP) is 7.68. The molecule has 0 saturated heterocycles. The van der Waals surface area contributed by atoms with Crippen LogP contribution in [0.5, 0.6) is 0 Å². The fraction of sp³-hybridized carbons (Fsp3) is 0.355. The van der Waals surface area contributed by atoms with E-state index in [9.17, 15) is 9.59 Å². The van der Waals surface area contributed by atoms with E-state index >= 15 is 0 Å². The topological polar surface area (TPSA) is 43.4 Å². The predicted molar refractivity (Wildman–Crippen MR) is 139 cm³/mol. The molecule has 0 radical (unpaired) electrons. The first-order valence-corrected chi connectivity index (χ1v) is 11.8. The summed E-state index contributed by atoms with van der Waals surface area (Å²) in [6.07, 6.45) is -1.02. The van der Waals surface area contributed by atoms with Gasteiger partial charge in [0.2, 0.25) is 5.78 Å². The molecule has 3 aromatic rings. The van der Waals surface area contributed by atoms with Gasteiger partial charge in [-0.25, -0.2) is 4.79 Å². The summed E-state index contributed by atoms with van der Waals surface area (Å²) in [5, 5.41) is 0. The van der Waals surface area contributed by atoms with E-state index in [0.29, 0.717) is 16.7 Å². The van der Waals surface area contributed by atoms with E-state index in [0.717, 1.165) is 22.3 Å². The Kier molecular flexibility index (Phi) is 7.16. The smallest absolute Gasteiger partial charge is 0.339 e. The molecule has 178 valence electrons. The minimum absolute atomic E-state index is 0.135. The van der Waals surface area contributed by atoms with Gasteiger partial charge >= 0.3 is 5.97 Å². The second-order valence-electron chi connectivity index (χ2n) is 11.2. The van der Waals surface area contributed by atoms with E-state index in [2.05, 4.69) is 47.6 Å². The number of aryl methyl sites for hydroxylation is 2. The van der Waals surface area contributed by atoms with E-state index in [-0.39, 0.29) is 16.6 Å². The molecule has 1 unspecified atom stereocenters. The Morgan fingerprint density at radius 2 is 1.24 bits per heavy atom. The molecule has 0 heterocycles. The number of esters is 1. The van der Waals surface area contributed by atoms with Gasteiger partial charge in [-0.15, -0.1) is 0 Å². The van der Waals surface area contributed by atoms with E-state index in [4.69, 9.17) is 4.74 Å². The highest BCUT2D eigenvalue weighted by Gasteiger charge is 2.29. The van der Waals surface area contributed by atoms with Gasteiger partial charge in [0.15, 0.2) is 6.10 Å². The molecule has 0 saturated carbocycles. The van der Waals surface area contributed by atoms with Crippen molar-refractivity contribution in [3.8, 4) is 0 Å². The molecule has 0 fully saturated rings. The number of hydrogen-bond acceptors (Lipinski definition) is 3. The SMILES string of the molecule is Cc1ccc(C(=O)C(OC(=O)c2cc(C(C)(C)C)cc(C(C)(C)C)c2)c2ccccc2)cc1C. The van der Waals surface area contributed by atoms with Crippen LogP contribution >= 0.6 is 0 Å². The minimum Gasteiger partial charge on any atom is -0.445 e. The molecule has 34 heavy (non-hydrogen) atoms. The Hall–Kier alpha value is -3.20. The molecule has 0 aliphatic rings. The van der Waals surface area contributed by atoms with E-state index in [1.165, 1.54) is 0 Å². The van der Waals surface area contributed by atoms with Crippen molar-refractivity contribution in [3.05, 3.63) is 106 Å². The Morgan fingerprint density at radius 3 is 1.74 bits per heavy atom. The van der Waals surface area contributed by atoms with Gasteiger partial charge in [0.05, 0.1) is 5.56 Å². The molecule has 0 aromatic heterocycles. The van der Waals surface area contributed by atoms with Gasteiger partial charge in [-0.05, 0) is 65.1 Å². The number of rotatable bonds is 5. The summed E-state index contributed by atoms with van der Waals surface area (Å²) in [5.74, 6) is -0.728. The lowest BCUT2D eigenvalue weighted by atomic mass is 9.79. The third kappa shape index (κ3) is 5.83. The lowest BCUT2D eigenvalue weighted by Gasteiger charge is -2.26. The third-order valence-corrected chi connectivity index (χ3v) is 6.26. The molecular formula is C31H36O3. The van der Waals surface area contributed by atoms with Crippen molar-refractivity contribution < 1.29 is 14.3 Å². The first kappa shape index (κ1) is 25.4. The fourth-order valence-electron chi connectivity index (χ4n) is 3.73. The van der Waals surface area contributed by atoms with Crippen LogP contribution in [0.15, 0.2) is 66.7 Å². The molecule has 3 nitrogen and oxygen atoms in total. The summed E-state index contributed by atoms with van der Waals surface area (Å²) < 4.78 is 5.96. The lowest BCUT2D eigenvalue weighted by Crippen LogP contribution is -2.22. The van der Waals surface area contributed by atoms with Crippen LogP contribution in [0.4, 0.5) is 0 Å². The average Bonchev–Trinajstić information content (AvgIpc) is 2.77. The summed E-state index contributed by atoms with van der Waals surface area (Å²) >= 11 is 0. The van der Waals surface area contributed by atoms with Crippen LogP contribution in [-0.4, -0.2) is 11.8 Å². The van der Waals surface area contributed by atoms with Crippen molar-refractivity contribution in [2.75, 3.05) is 0 Å². The maximum atomic E-state index is 13.6. The van der Waals surface area contributed by atoms with Crippen molar-refractivity contribution in [3.63, 3.8) is 0 Å². The number of ketones is 1. The van der Waals surface area contributed by atoms with Crippen molar-refractivity contribution in [2.45, 2.75) is 72.3 Å². The van der Waals surface area contributed by atoms with Crippen LogP contribution in [0.2, 0.25) is 0 Å². The molecule has 1 atom stereocenters. The molecule has 0 aliphatic carbocycles. The van der Waals surface area contributed by atoms with Crippen LogP contribution in [0, 0.1) is 13.8 Å². The fourth-order valence-corrected chi connectivity index (χ4v) is 3.73. The van der Waals surface area contributed by atoms with Crippen LogP contribution in [-0.2, 0) is 15.6 Å². The number of Topliss-reactive ketones (excluding diaryl/α,β-unsaturated/α-hetero) is 1. The van der Waals surface area contributed by atoms with Crippen molar-refractivity contribution in [2.24, 2.45) is 0 Å². The van der Waals surface area contributed by atoms with Gasteiger partial charge in [-0.2, -0.15) is 0 Å². The molecule has 0 amide bonds. The molecule has 3 rings (SSSR count). The number of carbonyl (C=O) groups excluding carboxylic acids is 2. The Morgan fingerprint density at radius 1 is 0.676 bits per heavy atom. The Labute approximate surface area is 204 Å². The van der Waals surface area contributed by atoms with Crippen molar-refractivity contribution in [1.82, 2.24) is 0 Å². The Bertz CT molecular complexity index is 1160. The van der Waals surface area contributed by atoms with Gasteiger partial charge in [-0.3, -0.25) is 4.79 Å². The number of ether oxygens (including phenoxy) is 1. The van der Waals surface area contributed by atoms with Crippen LogP contribution in [0.1, 0.15) is 96.2 Å². The van der Waals surface area contributed by atoms with Crippen molar-refractivity contribution in [1.29, 1.82) is 0 Å². The highest BCUT2D eigenvalue weighted by Crippen LogP contribution is 2.32. The molecular weight excluding hydrogens is 420 g/mol. The van der Waals surface area contributed by atoms with Crippen LogP contribution in [0.3, 0.4) is 0 Å². The second kappa shape index (κ2) is 9.58. The summed E-state index contributed by atoms with van der Waals surface area (Å²) in [6, 6.07) is 20.7. The number of benzene rings is 3. The molecule has 0 spiro atoms. The lowest BCUT2D eigenvalue weighted by molar-refractivity contribution is 0.0279. The first-order valence-electron chi connectivity index (χ1n) is 11.8. The summed E-state index contributed by atoms with van der Waals surface area (Å²) in [5.41, 5.74) is 5.63.